The highest BCUT2D eigenvalue weighted by atomic mass is 79.9. The first-order valence-corrected chi connectivity index (χ1v) is 7.78. The summed E-state index contributed by atoms with van der Waals surface area (Å²) in [5.41, 5.74) is 0. The van der Waals surface area contributed by atoms with Gasteiger partial charge >= 0.3 is 0 Å². The molecule has 1 aromatic carbocycles. The van der Waals surface area contributed by atoms with Crippen LogP contribution >= 0.6 is 15.9 Å². The highest BCUT2D eigenvalue weighted by molar-refractivity contribution is 9.09. The van der Waals surface area contributed by atoms with E-state index < -0.39 is 6.10 Å². The van der Waals surface area contributed by atoms with Crippen molar-refractivity contribution >= 4 is 21.8 Å². The van der Waals surface area contributed by atoms with E-state index in [2.05, 4.69) is 35.1 Å². The number of para-hydroxylation sites is 2. The minimum atomic E-state index is -0.580. The van der Waals surface area contributed by atoms with Crippen LogP contribution in [0.5, 0.6) is 11.5 Å². The number of ether oxygens (including phenoxy) is 2. The van der Waals surface area contributed by atoms with Crippen LogP contribution in [0.2, 0.25) is 0 Å². The third kappa shape index (κ3) is 4.13. The lowest BCUT2D eigenvalue weighted by atomic mass is 10.1. The van der Waals surface area contributed by atoms with Gasteiger partial charge in [0, 0.05) is 11.4 Å². The number of hydrogen-bond donors (Lipinski definition) is 1. The topological polar surface area (TPSA) is 47.6 Å². The van der Waals surface area contributed by atoms with E-state index in [4.69, 9.17) is 9.47 Å². The summed E-state index contributed by atoms with van der Waals surface area (Å²) in [7, 11) is 0. The molecule has 0 radical (unpaired) electrons. The fourth-order valence-electron chi connectivity index (χ4n) is 2.07. The van der Waals surface area contributed by atoms with Crippen LogP contribution in [0, 0.1) is 5.92 Å². The van der Waals surface area contributed by atoms with Crippen LogP contribution in [-0.2, 0) is 4.79 Å². The van der Waals surface area contributed by atoms with Crippen molar-refractivity contribution in [3.8, 4) is 11.5 Å². The minimum absolute atomic E-state index is 0.132. The van der Waals surface area contributed by atoms with E-state index >= 15 is 0 Å². The first kappa shape index (κ1) is 15.2. The van der Waals surface area contributed by atoms with Gasteiger partial charge in [-0.1, -0.05) is 41.9 Å². The van der Waals surface area contributed by atoms with Gasteiger partial charge in [-0.25, -0.2) is 0 Å². The van der Waals surface area contributed by atoms with Gasteiger partial charge in [0.15, 0.2) is 11.5 Å². The molecule has 0 fully saturated rings. The van der Waals surface area contributed by atoms with Crippen molar-refractivity contribution in [1.82, 2.24) is 5.32 Å². The number of halogens is 1. The third-order valence-electron chi connectivity index (χ3n) is 3.03. The van der Waals surface area contributed by atoms with Crippen molar-refractivity contribution in [2.75, 3.05) is 13.2 Å². The maximum absolute atomic E-state index is 12.1. The van der Waals surface area contributed by atoms with E-state index in [1.165, 1.54) is 0 Å². The van der Waals surface area contributed by atoms with Crippen LogP contribution in [0.15, 0.2) is 24.3 Å². The Hall–Kier alpha value is -1.23. The van der Waals surface area contributed by atoms with Gasteiger partial charge in [-0.2, -0.15) is 0 Å². The fraction of sp³-hybridized carbons (Fsp3) is 0.533. The fourth-order valence-corrected chi connectivity index (χ4v) is 2.98. The third-order valence-corrected chi connectivity index (χ3v) is 3.72. The average molecular weight is 342 g/mol. The van der Waals surface area contributed by atoms with E-state index in [0.29, 0.717) is 24.0 Å². The zero-order valence-electron chi connectivity index (χ0n) is 11.8. The molecule has 20 heavy (non-hydrogen) atoms. The number of benzene rings is 1. The van der Waals surface area contributed by atoms with E-state index in [9.17, 15) is 4.79 Å². The van der Waals surface area contributed by atoms with Crippen molar-refractivity contribution in [3.63, 3.8) is 0 Å². The molecule has 1 aliphatic heterocycles. The number of rotatable bonds is 5. The molecule has 110 valence electrons. The summed E-state index contributed by atoms with van der Waals surface area (Å²) in [6.07, 6.45) is 0.439. The van der Waals surface area contributed by atoms with Gasteiger partial charge in [-0.05, 0) is 24.5 Å². The second-order valence-corrected chi connectivity index (χ2v) is 6.63. The van der Waals surface area contributed by atoms with Crippen LogP contribution in [0.3, 0.4) is 0 Å². The largest absolute Gasteiger partial charge is 0.485 e. The van der Waals surface area contributed by atoms with Crippen molar-refractivity contribution in [1.29, 1.82) is 0 Å². The Morgan fingerprint density at radius 2 is 2.10 bits per heavy atom. The second kappa shape index (κ2) is 6.97. The quantitative estimate of drug-likeness (QED) is 0.837. The predicted molar refractivity (Wildman–Crippen MR) is 81.5 cm³/mol. The van der Waals surface area contributed by atoms with Crippen molar-refractivity contribution in [3.05, 3.63) is 24.3 Å². The lowest BCUT2D eigenvalue weighted by Crippen LogP contribution is -2.45. The molecule has 0 saturated carbocycles. The van der Waals surface area contributed by atoms with Crippen molar-refractivity contribution < 1.29 is 14.3 Å². The number of fused-ring (bicyclic) bond motifs is 1. The van der Waals surface area contributed by atoms with Crippen LogP contribution in [-0.4, -0.2) is 30.0 Å². The Labute approximate surface area is 128 Å². The molecule has 2 rings (SSSR count). The molecule has 1 heterocycles. The summed E-state index contributed by atoms with van der Waals surface area (Å²) in [6, 6.07) is 7.38. The van der Waals surface area contributed by atoms with Crippen molar-refractivity contribution in [2.24, 2.45) is 5.92 Å². The lowest BCUT2D eigenvalue weighted by Gasteiger charge is -2.26. The Bertz CT molecular complexity index is 464. The SMILES string of the molecule is CC(C)CC(Br)CNC(=O)C1COc2ccccc2O1. The molecule has 4 nitrogen and oxygen atoms in total. The molecule has 1 aromatic rings. The zero-order valence-corrected chi connectivity index (χ0v) is 13.4. The first-order chi connectivity index (χ1) is 9.56. The second-order valence-electron chi connectivity index (χ2n) is 5.34. The number of alkyl halides is 1. The highest BCUT2D eigenvalue weighted by Crippen LogP contribution is 2.30. The Balaban J connectivity index is 1.83. The monoisotopic (exact) mass is 341 g/mol. The molecular weight excluding hydrogens is 322 g/mol. The van der Waals surface area contributed by atoms with Crippen LogP contribution in [0.1, 0.15) is 20.3 Å². The van der Waals surface area contributed by atoms with Crippen LogP contribution in [0.25, 0.3) is 0 Å². The summed E-state index contributed by atoms with van der Waals surface area (Å²) in [6.45, 7) is 5.16. The molecule has 0 saturated heterocycles. The van der Waals surface area contributed by atoms with Gasteiger partial charge in [0.1, 0.15) is 6.61 Å². The summed E-state index contributed by atoms with van der Waals surface area (Å²) < 4.78 is 11.2. The van der Waals surface area contributed by atoms with E-state index in [-0.39, 0.29) is 17.3 Å². The maximum Gasteiger partial charge on any atom is 0.264 e. The zero-order chi connectivity index (χ0) is 14.5. The molecule has 0 bridgehead atoms. The molecule has 2 unspecified atom stereocenters. The number of carbonyl (C=O) groups excluding carboxylic acids is 1. The molecule has 1 amide bonds. The average Bonchev–Trinajstić information content (AvgIpc) is 2.43. The van der Waals surface area contributed by atoms with E-state index in [1.807, 2.05) is 18.2 Å². The Morgan fingerprint density at radius 1 is 1.40 bits per heavy atom. The number of amides is 1. The van der Waals surface area contributed by atoms with Gasteiger partial charge in [0.05, 0.1) is 0 Å². The molecular formula is C15H20BrNO3. The molecule has 2 atom stereocenters. The van der Waals surface area contributed by atoms with Gasteiger partial charge in [-0.3, -0.25) is 4.79 Å². The minimum Gasteiger partial charge on any atom is -0.485 e. The molecule has 1 aliphatic rings. The predicted octanol–water partition coefficient (Wildman–Crippen LogP) is 2.75. The van der Waals surface area contributed by atoms with Gasteiger partial charge in [0.25, 0.3) is 5.91 Å². The van der Waals surface area contributed by atoms with E-state index in [0.717, 1.165) is 6.42 Å². The highest BCUT2D eigenvalue weighted by Gasteiger charge is 2.27. The van der Waals surface area contributed by atoms with Gasteiger partial charge in [0.2, 0.25) is 6.10 Å². The maximum atomic E-state index is 12.1. The Kier molecular flexibility index (Phi) is 5.29. The number of hydrogen-bond acceptors (Lipinski definition) is 3. The van der Waals surface area contributed by atoms with E-state index in [1.54, 1.807) is 6.07 Å². The standard InChI is InChI=1S/C15H20BrNO3/c1-10(2)7-11(16)8-17-15(18)14-9-19-12-5-3-4-6-13(12)20-14/h3-6,10-11,14H,7-9H2,1-2H3,(H,17,18). The summed E-state index contributed by atoms with van der Waals surface area (Å²) in [5, 5.41) is 2.90. The molecule has 0 spiro atoms. The van der Waals surface area contributed by atoms with Crippen LogP contribution in [0.4, 0.5) is 0 Å². The molecule has 0 aromatic heterocycles. The van der Waals surface area contributed by atoms with Gasteiger partial charge in [-0.15, -0.1) is 0 Å². The summed E-state index contributed by atoms with van der Waals surface area (Å²) in [5.74, 6) is 1.77. The number of carbonyl (C=O) groups is 1. The molecule has 5 heteroatoms. The first-order valence-electron chi connectivity index (χ1n) is 6.86. The smallest absolute Gasteiger partial charge is 0.264 e. The van der Waals surface area contributed by atoms with Crippen molar-refractivity contribution in [2.45, 2.75) is 31.2 Å². The molecule has 0 aliphatic carbocycles. The molecule has 1 N–H and O–H groups in total. The number of nitrogens with one attached hydrogen (secondary N) is 1. The Morgan fingerprint density at radius 3 is 2.80 bits per heavy atom. The van der Waals surface area contributed by atoms with Crippen LogP contribution < -0.4 is 14.8 Å². The summed E-state index contributed by atoms with van der Waals surface area (Å²) >= 11 is 3.57. The normalized spacial score (nSPS) is 18.7. The summed E-state index contributed by atoms with van der Waals surface area (Å²) in [4.78, 5) is 12.3. The lowest BCUT2D eigenvalue weighted by molar-refractivity contribution is -0.130. The van der Waals surface area contributed by atoms with Gasteiger partial charge < -0.3 is 14.8 Å².